The van der Waals surface area contributed by atoms with Gasteiger partial charge in [0.15, 0.2) is 12.2 Å². The van der Waals surface area contributed by atoms with Gasteiger partial charge in [-0.1, -0.05) is 153 Å². The molecule has 0 bridgehead atoms. The highest BCUT2D eigenvalue weighted by Crippen LogP contribution is 2.21. The van der Waals surface area contributed by atoms with Gasteiger partial charge in [0.1, 0.15) is 62.6 Å². The predicted molar refractivity (Wildman–Crippen MR) is 302 cm³/mol. The first-order chi connectivity index (χ1) is 37.4. The fourth-order valence-corrected chi connectivity index (χ4v) is 7.94. The number of amides is 2. The van der Waals surface area contributed by atoms with Gasteiger partial charge in [-0.3, -0.25) is 0 Å². The van der Waals surface area contributed by atoms with E-state index in [4.69, 9.17) is 37.9 Å². The molecule has 14 nitrogen and oxygen atoms in total. The van der Waals surface area contributed by atoms with Gasteiger partial charge < -0.3 is 48.5 Å². The molecule has 0 radical (unpaired) electrons. The summed E-state index contributed by atoms with van der Waals surface area (Å²) in [6.45, 7) is 14.9. The van der Waals surface area contributed by atoms with E-state index in [9.17, 15) is 19.2 Å². The van der Waals surface area contributed by atoms with Crippen molar-refractivity contribution >= 4 is 24.1 Å². The van der Waals surface area contributed by atoms with E-state index in [2.05, 4.69) is 61.9 Å². The maximum Gasteiger partial charge on any atom is 0.407 e. The second-order valence-electron chi connectivity index (χ2n) is 19.5. The average molecular weight is 1060 g/mol. The Bertz CT molecular complexity index is 2150. The Hall–Kier alpha value is -6.96. The summed E-state index contributed by atoms with van der Waals surface area (Å²) in [4.78, 5) is 49.1. The van der Waals surface area contributed by atoms with Crippen LogP contribution in [0.2, 0.25) is 0 Å². The van der Waals surface area contributed by atoms with Gasteiger partial charge in [0.05, 0.1) is 13.1 Å². The second kappa shape index (κ2) is 37.7. The molecular formula is C63H86N2O12. The predicted octanol–water partition coefficient (Wildman–Crippen LogP) is 13.2. The summed E-state index contributed by atoms with van der Waals surface area (Å²) in [5.41, 5.74) is 5.14. The molecule has 0 spiro atoms. The smallest absolute Gasteiger partial charge is 0.407 e. The lowest BCUT2D eigenvalue weighted by Crippen LogP contribution is -2.37. The van der Waals surface area contributed by atoms with Crippen molar-refractivity contribution in [3.05, 3.63) is 144 Å². The number of nitrogens with one attached hydrogen (secondary N) is 2. The highest BCUT2D eigenvalue weighted by molar-refractivity contribution is 5.87. The molecule has 14 heteroatoms. The van der Waals surface area contributed by atoms with E-state index in [0.29, 0.717) is 29.4 Å². The number of unbranched alkanes of at least 4 members (excludes halogenated alkanes) is 12. The molecule has 0 saturated heterocycles. The molecule has 77 heavy (non-hydrogen) atoms. The second-order valence-corrected chi connectivity index (χ2v) is 19.5. The van der Waals surface area contributed by atoms with Gasteiger partial charge in [-0.2, -0.15) is 0 Å². The lowest BCUT2D eigenvalue weighted by Gasteiger charge is -2.20. The normalized spacial score (nSPS) is 11.6. The molecule has 2 N–H and O–H groups in total. The van der Waals surface area contributed by atoms with Gasteiger partial charge in [0.2, 0.25) is 0 Å². The number of hydrogen-bond donors (Lipinski definition) is 2. The van der Waals surface area contributed by atoms with E-state index < -0.39 is 36.3 Å². The molecule has 2 unspecified atom stereocenters. The van der Waals surface area contributed by atoms with Gasteiger partial charge in [-0.15, -0.1) is 0 Å². The van der Waals surface area contributed by atoms with Gasteiger partial charge in [-0.25, -0.2) is 19.2 Å². The van der Waals surface area contributed by atoms with Crippen molar-refractivity contribution in [2.24, 2.45) is 0 Å². The zero-order valence-electron chi connectivity index (χ0n) is 46.4. The maximum atomic E-state index is 12.8. The van der Waals surface area contributed by atoms with E-state index in [-0.39, 0.29) is 63.9 Å². The number of aryl methyl sites for hydroxylation is 2. The first-order valence-corrected chi connectivity index (χ1v) is 27.8. The van der Waals surface area contributed by atoms with Crippen LogP contribution in [0.5, 0.6) is 23.0 Å². The highest BCUT2D eigenvalue weighted by atomic mass is 16.6. The minimum Gasteiger partial charge on any atom is -0.490 e. The Labute approximate surface area is 458 Å². The van der Waals surface area contributed by atoms with Crippen LogP contribution in [0, 0.1) is 0 Å². The summed E-state index contributed by atoms with van der Waals surface area (Å²) in [5.74, 6) is 1.42. The van der Waals surface area contributed by atoms with E-state index in [1.54, 1.807) is 13.8 Å². The SMILES string of the molecule is C=C(C)C(=O)OCCNC(=O)OC(COc1ccc(CCCCCCCCC)cc1)COc1ccc(Cc2ccc(OCC(COc3ccc(CCCCCCCCC)cc3)OC(=O)NCCOC(=O)C(=C)C)cc2)cc1. The van der Waals surface area contributed by atoms with Gasteiger partial charge in [-0.05, 0) is 117 Å². The van der Waals surface area contributed by atoms with Crippen LogP contribution in [0.4, 0.5) is 9.59 Å². The lowest BCUT2D eigenvalue weighted by molar-refractivity contribution is -0.139. The van der Waals surface area contributed by atoms with Crippen molar-refractivity contribution in [3.8, 4) is 23.0 Å². The molecule has 0 heterocycles. The number of benzene rings is 4. The molecule has 0 fully saturated rings. The minimum absolute atomic E-state index is 0.0252. The van der Waals surface area contributed by atoms with Crippen molar-refractivity contribution in [1.29, 1.82) is 0 Å². The Kier molecular flexibility index (Phi) is 30.7. The number of rotatable bonds is 40. The summed E-state index contributed by atoms with van der Waals surface area (Å²) in [6.07, 6.45) is 17.4. The van der Waals surface area contributed by atoms with Crippen LogP contribution in [0.1, 0.15) is 140 Å². The number of carbonyl (C=O) groups is 4. The van der Waals surface area contributed by atoms with Crippen molar-refractivity contribution in [3.63, 3.8) is 0 Å². The monoisotopic (exact) mass is 1060 g/mol. The first-order valence-electron chi connectivity index (χ1n) is 27.8. The molecule has 4 aromatic carbocycles. The Balaban J connectivity index is 1.28. The number of ether oxygens (including phenoxy) is 8. The number of hydrogen-bond acceptors (Lipinski definition) is 12. The summed E-state index contributed by atoms with van der Waals surface area (Å²) in [7, 11) is 0. The maximum absolute atomic E-state index is 12.8. The molecule has 0 aliphatic heterocycles. The zero-order chi connectivity index (χ0) is 55.3. The van der Waals surface area contributed by atoms with Crippen LogP contribution < -0.4 is 29.6 Å². The lowest BCUT2D eigenvalue weighted by atomic mass is 10.0. The third-order valence-electron chi connectivity index (χ3n) is 12.4. The Morgan fingerprint density at radius 3 is 1.00 bits per heavy atom. The van der Waals surface area contributed by atoms with Crippen LogP contribution in [-0.4, -0.2) is 89.1 Å². The number of carbonyl (C=O) groups excluding carboxylic acids is 4. The van der Waals surface area contributed by atoms with Crippen molar-refractivity contribution < 1.29 is 57.1 Å². The zero-order valence-corrected chi connectivity index (χ0v) is 46.4. The third-order valence-corrected chi connectivity index (χ3v) is 12.4. The minimum atomic E-state index is -0.765. The number of alkyl carbamates (subject to hydrolysis) is 2. The average Bonchev–Trinajstić information content (AvgIpc) is 3.43. The standard InChI is InChI=1S/C63H86N2O12/c1-7-9-11-13-15-17-19-21-50-23-31-54(32-24-50)72-44-58(76-62(68)64-39-41-70-60(66)48(3)4)46-74-56-35-27-52(28-36-56)43-53-29-37-57(38-30-53)75-47-59(77-63(69)65-40-42-71-61(67)49(5)6)45-73-55-33-25-51(26-34-55)22-20-18-16-14-12-10-8-2/h23-38,58-59H,3,5,7-22,39-47H2,1-2,4,6H3,(H,64,68)(H,65,69). The molecule has 4 rings (SSSR count). The molecular weight excluding hydrogens is 977 g/mol. The van der Waals surface area contributed by atoms with Gasteiger partial charge in [0, 0.05) is 11.1 Å². The fourth-order valence-electron chi connectivity index (χ4n) is 7.94. The largest absolute Gasteiger partial charge is 0.490 e. The van der Waals surface area contributed by atoms with E-state index in [1.807, 2.05) is 72.8 Å². The summed E-state index contributed by atoms with van der Waals surface area (Å²) >= 11 is 0. The van der Waals surface area contributed by atoms with E-state index >= 15 is 0 Å². The Morgan fingerprint density at radius 2 is 0.701 bits per heavy atom. The molecule has 2 amide bonds. The van der Waals surface area contributed by atoms with Crippen LogP contribution >= 0.6 is 0 Å². The first kappa shape index (κ1) is 62.6. The topological polar surface area (TPSA) is 166 Å². The molecule has 4 aromatic rings. The Morgan fingerprint density at radius 1 is 0.416 bits per heavy atom. The summed E-state index contributed by atoms with van der Waals surface area (Å²) < 4.78 is 45.9. The molecule has 2 atom stereocenters. The quantitative estimate of drug-likeness (QED) is 0.0188. The molecule has 420 valence electrons. The molecule has 0 saturated carbocycles. The van der Waals surface area contributed by atoms with Crippen LogP contribution in [0.15, 0.2) is 121 Å². The van der Waals surface area contributed by atoms with Gasteiger partial charge in [0.25, 0.3) is 0 Å². The van der Waals surface area contributed by atoms with Crippen molar-refractivity contribution in [2.75, 3.05) is 52.7 Å². The molecule has 0 aliphatic rings. The highest BCUT2D eigenvalue weighted by Gasteiger charge is 2.19. The fraction of sp³-hybridized carbons (Fsp3) is 0.492. The molecule has 0 aromatic heterocycles. The number of esters is 2. The van der Waals surface area contributed by atoms with E-state index in [1.165, 1.54) is 88.2 Å². The summed E-state index contributed by atoms with van der Waals surface area (Å²) in [5, 5.41) is 5.22. The van der Waals surface area contributed by atoms with Crippen LogP contribution in [0.25, 0.3) is 0 Å². The van der Waals surface area contributed by atoms with E-state index in [0.717, 1.165) is 36.8 Å². The summed E-state index contributed by atoms with van der Waals surface area (Å²) in [6, 6.07) is 31.4. The van der Waals surface area contributed by atoms with Crippen LogP contribution in [-0.2, 0) is 47.8 Å². The van der Waals surface area contributed by atoms with Gasteiger partial charge >= 0.3 is 24.1 Å². The van der Waals surface area contributed by atoms with Crippen molar-refractivity contribution in [2.45, 2.75) is 149 Å². The third kappa shape index (κ3) is 28.1. The molecule has 0 aliphatic carbocycles. The van der Waals surface area contributed by atoms with Crippen LogP contribution in [0.3, 0.4) is 0 Å². The van der Waals surface area contributed by atoms with Crippen molar-refractivity contribution in [1.82, 2.24) is 10.6 Å².